The van der Waals surface area contributed by atoms with E-state index in [1.807, 2.05) is 0 Å². The second kappa shape index (κ2) is 3.16. The van der Waals surface area contributed by atoms with Crippen molar-refractivity contribution in [3.63, 3.8) is 0 Å². The average Bonchev–Trinajstić information content (AvgIpc) is 2.07. The SMILES string of the molecule is [C]1CCCCC12CCCCC2. The zero-order valence-electron chi connectivity index (χ0n) is 7.36. The van der Waals surface area contributed by atoms with Crippen molar-refractivity contribution in [1.29, 1.82) is 0 Å². The molecule has 0 aromatic rings. The van der Waals surface area contributed by atoms with Gasteiger partial charge in [0.1, 0.15) is 0 Å². The van der Waals surface area contributed by atoms with Crippen molar-refractivity contribution in [1.82, 2.24) is 0 Å². The van der Waals surface area contributed by atoms with E-state index >= 15 is 0 Å². The summed E-state index contributed by atoms with van der Waals surface area (Å²) in [6.07, 6.45) is 16.6. The van der Waals surface area contributed by atoms with E-state index in [2.05, 4.69) is 6.42 Å². The standard InChI is InChI=1S/C11H18/c1-3-7-11(8-4-1)9-5-2-6-10-11/h1-9H2. The predicted octanol–water partition coefficient (Wildman–Crippen LogP) is 3.59. The van der Waals surface area contributed by atoms with Crippen molar-refractivity contribution >= 4 is 0 Å². The molecular weight excluding hydrogens is 132 g/mol. The van der Waals surface area contributed by atoms with Crippen LogP contribution in [0.25, 0.3) is 0 Å². The molecule has 2 radical (unpaired) electrons. The van der Waals surface area contributed by atoms with Gasteiger partial charge in [0.05, 0.1) is 0 Å². The molecule has 0 N–H and O–H groups in total. The van der Waals surface area contributed by atoms with Crippen molar-refractivity contribution < 1.29 is 0 Å². The largest absolute Gasteiger partial charge is 0.0533 e. The van der Waals surface area contributed by atoms with Crippen LogP contribution < -0.4 is 0 Å². The Morgan fingerprint density at radius 3 is 1.91 bits per heavy atom. The molecule has 1 spiro atoms. The van der Waals surface area contributed by atoms with Gasteiger partial charge >= 0.3 is 0 Å². The molecule has 2 fully saturated rings. The van der Waals surface area contributed by atoms with E-state index in [0.29, 0.717) is 5.41 Å². The van der Waals surface area contributed by atoms with Gasteiger partial charge < -0.3 is 0 Å². The monoisotopic (exact) mass is 150 g/mol. The Kier molecular flexibility index (Phi) is 2.20. The summed E-state index contributed by atoms with van der Waals surface area (Å²) >= 11 is 0. The average molecular weight is 150 g/mol. The highest BCUT2D eigenvalue weighted by Crippen LogP contribution is 2.46. The van der Waals surface area contributed by atoms with Gasteiger partial charge in [0, 0.05) is 0 Å². The molecule has 0 atom stereocenters. The lowest BCUT2D eigenvalue weighted by Crippen LogP contribution is -2.27. The van der Waals surface area contributed by atoms with Crippen molar-refractivity contribution in [3.8, 4) is 0 Å². The molecule has 0 bridgehead atoms. The molecule has 2 aliphatic carbocycles. The number of hydrogen-bond acceptors (Lipinski definition) is 0. The van der Waals surface area contributed by atoms with E-state index in [1.54, 1.807) is 0 Å². The van der Waals surface area contributed by atoms with Crippen LogP contribution in [0.2, 0.25) is 0 Å². The second-order valence-electron chi connectivity index (χ2n) is 4.22. The van der Waals surface area contributed by atoms with Gasteiger partial charge in [-0.25, -0.2) is 0 Å². The van der Waals surface area contributed by atoms with E-state index in [4.69, 9.17) is 0 Å². The van der Waals surface area contributed by atoms with Crippen LogP contribution in [0.3, 0.4) is 0 Å². The second-order valence-corrected chi connectivity index (χ2v) is 4.22. The fourth-order valence-corrected chi connectivity index (χ4v) is 2.69. The Morgan fingerprint density at radius 1 is 0.727 bits per heavy atom. The van der Waals surface area contributed by atoms with Gasteiger partial charge in [-0.1, -0.05) is 32.1 Å². The summed E-state index contributed by atoms with van der Waals surface area (Å²) in [6.45, 7) is 0. The highest BCUT2D eigenvalue weighted by Gasteiger charge is 2.33. The Bertz CT molecular complexity index is 94.5. The Labute approximate surface area is 70.4 Å². The smallest absolute Gasteiger partial charge is 0.0106 e. The molecular formula is C11H18. The van der Waals surface area contributed by atoms with Crippen LogP contribution in [0, 0.1) is 11.8 Å². The minimum atomic E-state index is 0.608. The summed E-state index contributed by atoms with van der Waals surface area (Å²) in [5.41, 5.74) is 0.608. The summed E-state index contributed by atoms with van der Waals surface area (Å²) in [4.78, 5) is 0. The lowest BCUT2D eigenvalue weighted by atomic mass is 9.65. The van der Waals surface area contributed by atoms with Crippen LogP contribution in [0.4, 0.5) is 0 Å². The van der Waals surface area contributed by atoms with Crippen LogP contribution in [-0.2, 0) is 0 Å². The first-order valence-corrected chi connectivity index (χ1v) is 5.16. The Balaban J connectivity index is 1.94. The normalized spacial score (nSPS) is 30.5. The first-order chi connectivity index (χ1) is 5.41. The lowest BCUT2D eigenvalue weighted by molar-refractivity contribution is 0.183. The molecule has 11 heavy (non-hydrogen) atoms. The van der Waals surface area contributed by atoms with Crippen LogP contribution in [0.5, 0.6) is 0 Å². The van der Waals surface area contributed by atoms with Gasteiger partial charge in [0.2, 0.25) is 0 Å². The fourth-order valence-electron chi connectivity index (χ4n) is 2.69. The van der Waals surface area contributed by atoms with Gasteiger partial charge in [-0.15, -0.1) is 0 Å². The minimum Gasteiger partial charge on any atom is -0.0533 e. The molecule has 2 rings (SSSR count). The van der Waals surface area contributed by atoms with E-state index < -0.39 is 0 Å². The molecule has 0 aromatic heterocycles. The van der Waals surface area contributed by atoms with Crippen molar-refractivity contribution in [2.45, 2.75) is 57.8 Å². The van der Waals surface area contributed by atoms with Crippen molar-refractivity contribution in [2.24, 2.45) is 5.41 Å². The lowest BCUT2D eigenvalue weighted by Gasteiger charge is -2.39. The predicted molar refractivity (Wildman–Crippen MR) is 47.2 cm³/mol. The van der Waals surface area contributed by atoms with E-state index in [0.717, 1.165) is 0 Å². The summed E-state index contributed by atoms with van der Waals surface area (Å²) in [5.74, 6) is 0. The van der Waals surface area contributed by atoms with Gasteiger partial charge in [-0.3, -0.25) is 0 Å². The van der Waals surface area contributed by atoms with Gasteiger partial charge in [-0.05, 0) is 37.5 Å². The third-order valence-corrected chi connectivity index (χ3v) is 3.39. The van der Waals surface area contributed by atoms with Gasteiger partial charge in [-0.2, -0.15) is 0 Å². The molecule has 2 aliphatic rings. The van der Waals surface area contributed by atoms with Crippen LogP contribution >= 0.6 is 0 Å². The van der Waals surface area contributed by atoms with E-state index in [-0.39, 0.29) is 0 Å². The van der Waals surface area contributed by atoms with Crippen molar-refractivity contribution in [3.05, 3.63) is 6.42 Å². The number of rotatable bonds is 0. The highest BCUT2D eigenvalue weighted by atomic mass is 14.4. The molecule has 0 saturated heterocycles. The maximum Gasteiger partial charge on any atom is -0.0106 e. The highest BCUT2D eigenvalue weighted by molar-refractivity contribution is 4.96. The van der Waals surface area contributed by atoms with Gasteiger partial charge in [0.25, 0.3) is 0 Å². The maximum atomic E-state index is 3.73. The fraction of sp³-hybridized carbons (Fsp3) is 0.909. The van der Waals surface area contributed by atoms with Gasteiger partial charge in [0.15, 0.2) is 0 Å². The molecule has 0 amide bonds. The summed E-state index contributed by atoms with van der Waals surface area (Å²) in [5, 5.41) is 0. The number of hydrogen-bond donors (Lipinski definition) is 0. The molecule has 0 nitrogen and oxygen atoms in total. The van der Waals surface area contributed by atoms with Crippen molar-refractivity contribution in [2.75, 3.05) is 0 Å². The molecule has 0 heterocycles. The van der Waals surface area contributed by atoms with E-state index in [9.17, 15) is 0 Å². The topological polar surface area (TPSA) is 0 Å². The van der Waals surface area contributed by atoms with Crippen LogP contribution in [-0.4, -0.2) is 0 Å². The minimum absolute atomic E-state index is 0.608. The first-order valence-electron chi connectivity index (χ1n) is 5.16. The molecule has 62 valence electrons. The third kappa shape index (κ3) is 1.60. The Hall–Kier alpha value is 0. The molecule has 0 aromatic carbocycles. The quantitative estimate of drug-likeness (QED) is 0.495. The third-order valence-electron chi connectivity index (χ3n) is 3.39. The zero-order chi connectivity index (χ0) is 7.57. The molecule has 0 unspecified atom stereocenters. The summed E-state index contributed by atoms with van der Waals surface area (Å²) in [6, 6.07) is 0. The molecule has 0 aliphatic heterocycles. The van der Waals surface area contributed by atoms with Crippen LogP contribution in [0.15, 0.2) is 0 Å². The van der Waals surface area contributed by atoms with Crippen LogP contribution in [0.1, 0.15) is 57.8 Å². The first kappa shape index (κ1) is 7.64. The molecule has 0 heteroatoms. The zero-order valence-corrected chi connectivity index (χ0v) is 7.36. The summed E-state index contributed by atoms with van der Waals surface area (Å²) in [7, 11) is 0. The Morgan fingerprint density at radius 2 is 1.36 bits per heavy atom. The maximum absolute atomic E-state index is 3.73. The summed E-state index contributed by atoms with van der Waals surface area (Å²) < 4.78 is 0. The van der Waals surface area contributed by atoms with E-state index in [1.165, 1.54) is 57.8 Å². The molecule has 2 saturated carbocycles.